The van der Waals surface area contributed by atoms with Gasteiger partial charge in [0.2, 0.25) is 5.91 Å². The highest BCUT2D eigenvalue weighted by Gasteiger charge is 2.14. The van der Waals surface area contributed by atoms with Crippen molar-refractivity contribution < 1.29 is 19.1 Å². The summed E-state index contributed by atoms with van der Waals surface area (Å²) in [4.78, 5) is 23.5. The molecule has 3 N–H and O–H groups in total. The van der Waals surface area contributed by atoms with Gasteiger partial charge in [0.1, 0.15) is 5.82 Å². The Morgan fingerprint density at radius 1 is 1.43 bits per heavy atom. The molecule has 5 nitrogen and oxygen atoms in total. The van der Waals surface area contributed by atoms with E-state index in [0.717, 1.165) is 6.08 Å². The third kappa shape index (κ3) is 5.64. The summed E-state index contributed by atoms with van der Waals surface area (Å²) in [5, 5.41) is 8.70. The lowest BCUT2D eigenvalue weighted by Gasteiger charge is -2.27. The number of hydrogen-bond acceptors (Lipinski definition) is 3. The second-order valence-corrected chi connectivity index (χ2v) is 5.12. The highest BCUT2D eigenvalue weighted by Crippen LogP contribution is 2.24. The summed E-state index contributed by atoms with van der Waals surface area (Å²) in [7, 11) is 0. The molecule has 1 aromatic rings. The molecule has 0 aromatic heterocycles. The number of carbonyl (C=O) groups excluding carboxylic acids is 1. The minimum absolute atomic E-state index is 0.0161. The zero-order chi connectivity index (χ0) is 16.0. The first-order valence-corrected chi connectivity index (χ1v) is 6.53. The monoisotopic (exact) mass is 294 g/mol. The van der Waals surface area contributed by atoms with Gasteiger partial charge in [-0.25, -0.2) is 9.18 Å². The SMILES string of the molecule is CC(C)CN(CC(N)=O)c1ccc(F)cc1C=CC(=O)O. The lowest BCUT2D eigenvalue weighted by Crippen LogP contribution is -2.36. The van der Waals surface area contributed by atoms with Crippen LogP contribution in [0.25, 0.3) is 6.08 Å². The van der Waals surface area contributed by atoms with Crippen molar-refractivity contribution in [2.75, 3.05) is 18.0 Å². The van der Waals surface area contributed by atoms with Gasteiger partial charge in [0, 0.05) is 23.9 Å². The maximum absolute atomic E-state index is 13.4. The Morgan fingerprint density at radius 3 is 2.62 bits per heavy atom. The molecule has 0 unspecified atom stereocenters. The van der Waals surface area contributed by atoms with E-state index < -0.39 is 17.7 Å². The molecule has 0 saturated heterocycles. The molecule has 0 radical (unpaired) electrons. The average Bonchev–Trinajstić information content (AvgIpc) is 2.34. The Bertz CT molecular complexity index is 556. The maximum atomic E-state index is 13.4. The molecule has 1 rings (SSSR count). The Balaban J connectivity index is 3.22. The number of amides is 1. The van der Waals surface area contributed by atoms with E-state index in [2.05, 4.69) is 0 Å². The summed E-state index contributed by atoms with van der Waals surface area (Å²) in [5.41, 5.74) is 6.20. The Kier molecular flexibility index (Phi) is 5.90. The molecule has 0 bridgehead atoms. The molecule has 0 aliphatic carbocycles. The van der Waals surface area contributed by atoms with Crippen molar-refractivity contribution in [1.82, 2.24) is 0 Å². The first-order chi connectivity index (χ1) is 9.79. The summed E-state index contributed by atoms with van der Waals surface area (Å²) in [5.74, 6) is -1.86. The molecule has 0 spiro atoms. The number of carbonyl (C=O) groups is 2. The van der Waals surface area contributed by atoms with Crippen molar-refractivity contribution in [1.29, 1.82) is 0 Å². The lowest BCUT2D eigenvalue weighted by atomic mass is 10.1. The summed E-state index contributed by atoms with van der Waals surface area (Å²) in [6, 6.07) is 4.01. The average molecular weight is 294 g/mol. The molecular weight excluding hydrogens is 275 g/mol. The number of nitrogens with zero attached hydrogens (tertiary/aromatic N) is 1. The van der Waals surface area contributed by atoms with Crippen LogP contribution in [0, 0.1) is 11.7 Å². The molecule has 0 saturated carbocycles. The van der Waals surface area contributed by atoms with Crippen LogP contribution in [0.1, 0.15) is 19.4 Å². The lowest BCUT2D eigenvalue weighted by molar-refractivity contribution is -0.131. The van der Waals surface area contributed by atoms with E-state index in [4.69, 9.17) is 10.8 Å². The van der Waals surface area contributed by atoms with Crippen molar-refractivity contribution in [3.63, 3.8) is 0 Å². The first kappa shape index (κ1) is 16.7. The number of halogens is 1. The molecule has 0 atom stereocenters. The van der Waals surface area contributed by atoms with Crippen LogP contribution in [-0.4, -0.2) is 30.1 Å². The normalized spacial score (nSPS) is 11.0. The molecule has 1 amide bonds. The zero-order valence-electron chi connectivity index (χ0n) is 12.0. The van der Waals surface area contributed by atoms with Gasteiger partial charge >= 0.3 is 5.97 Å². The van der Waals surface area contributed by atoms with Gasteiger partial charge in [-0.2, -0.15) is 0 Å². The number of aliphatic carboxylic acids is 1. The predicted octanol–water partition coefficient (Wildman–Crippen LogP) is 1.87. The van der Waals surface area contributed by atoms with Crippen molar-refractivity contribution in [3.8, 4) is 0 Å². The Hall–Kier alpha value is -2.37. The van der Waals surface area contributed by atoms with Gasteiger partial charge in [0.15, 0.2) is 0 Å². The van der Waals surface area contributed by atoms with Gasteiger partial charge in [-0.15, -0.1) is 0 Å². The highest BCUT2D eigenvalue weighted by molar-refractivity contribution is 5.87. The standard InChI is InChI=1S/C15H19FN2O3/c1-10(2)8-18(9-14(17)19)13-5-4-12(16)7-11(13)3-6-15(20)21/h3-7,10H,8-9H2,1-2H3,(H2,17,19)(H,20,21). The number of benzene rings is 1. The summed E-state index contributed by atoms with van der Waals surface area (Å²) < 4.78 is 13.4. The third-order valence-electron chi connectivity index (χ3n) is 2.67. The van der Waals surface area contributed by atoms with E-state index >= 15 is 0 Å². The van der Waals surface area contributed by atoms with E-state index in [1.54, 1.807) is 4.90 Å². The first-order valence-electron chi connectivity index (χ1n) is 6.53. The number of carboxylic acid groups (broad SMARTS) is 1. The van der Waals surface area contributed by atoms with E-state index in [9.17, 15) is 14.0 Å². The molecular formula is C15H19FN2O3. The van der Waals surface area contributed by atoms with Crippen LogP contribution in [0.2, 0.25) is 0 Å². The molecule has 1 aromatic carbocycles. The van der Waals surface area contributed by atoms with Crippen molar-refractivity contribution in [2.45, 2.75) is 13.8 Å². The quantitative estimate of drug-likeness (QED) is 0.752. The summed E-state index contributed by atoms with van der Waals surface area (Å²) in [6.07, 6.45) is 2.23. The van der Waals surface area contributed by atoms with E-state index in [0.29, 0.717) is 17.8 Å². The van der Waals surface area contributed by atoms with Crippen molar-refractivity contribution in [2.24, 2.45) is 11.7 Å². The van der Waals surface area contributed by atoms with Gasteiger partial charge in [-0.3, -0.25) is 4.79 Å². The number of rotatable bonds is 7. The van der Waals surface area contributed by atoms with Crippen LogP contribution < -0.4 is 10.6 Å². The number of hydrogen-bond donors (Lipinski definition) is 2. The molecule has 0 aliphatic heterocycles. The molecule has 0 aliphatic rings. The fourth-order valence-electron chi connectivity index (χ4n) is 1.98. The van der Waals surface area contributed by atoms with Gasteiger partial charge in [0.25, 0.3) is 0 Å². The van der Waals surface area contributed by atoms with Gasteiger partial charge in [-0.1, -0.05) is 13.8 Å². The van der Waals surface area contributed by atoms with Crippen LogP contribution in [0.3, 0.4) is 0 Å². The smallest absolute Gasteiger partial charge is 0.328 e. The predicted molar refractivity (Wildman–Crippen MR) is 79.3 cm³/mol. The number of anilines is 1. The molecule has 0 heterocycles. The van der Waals surface area contributed by atoms with Gasteiger partial charge < -0.3 is 15.7 Å². The van der Waals surface area contributed by atoms with Crippen LogP contribution >= 0.6 is 0 Å². The topological polar surface area (TPSA) is 83.6 Å². The maximum Gasteiger partial charge on any atom is 0.328 e. The molecule has 114 valence electrons. The number of carboxylic acids is 1. The van der Waals surface area contributed by atoms with Crippen LogP contribution in [0.4, 0.5) is 10.1 Å². The molecule has 0 fully saturated rings. The molecule has 21 heavy (non-hydrogen) atoms. The van der Waals surface area contributed by atoms with E-state index in [1.807, 2.05) is 13.8 Å². The second kappa shape index (κ2) is 7.42. The zero-order valence-corrected chi connectivity index (χ0v) is 12.0. The van der Waals surface area contributed by atoms with Crippen molar-refractivity contribution >= 4 is 23.6 Å². The van der Waals surface area contributed by atoms with Crippen molar-refractivity contribution in [3.05, 3.63) is 35.7 Å². The number of primary amides is 1. The van der Waals surface area contributed by atoms with Crippen LogP contribution in [0.15, 0.2) is 24.3 Å². The largest absolute Gasteiger partial charge is 0.478 e. The minimum Gasteiger partial charge on any atom is -0.478 e. The fourth-order valence-corrected chi connectivity index (χ4v) is 1.98. The Labute approximate surface area is 122 Å². The summed E-state index contributed by atoms with van der Waals surface area (Å²) >= 11 is 0. The van der Waals surface area contributed by atoms with E-state index in [-0.39, 0.29) is 12.5 Å². The van der Waals surface area contributed by atoms with Gasteiger partial charge in [-0.05, 0) is 30.2 Å². The fraction of sp³-hybridized carbons (Fsp3) is 0.333. The van der Waals surface area contributed by atoms with Crippen LogP contribution in [-0.2, 0) is 9.59 Å². The number of nitrogens with two attached hydrogens (primary N) is 1. The van der Waals surface area contributed by atoms with Crippen LogP contribution in [0.5, 0.6) is 0 Å². The Morgan fingerprint density at radius 2 is 2.10 bits per heavy atom. The molecule has 6 heteroatoms. The minimum atomic E-state index is -1.13. The highest BCUT2D eigenvalue weighted by atomic mass is 19.1. The summed E-state index contributed by atoms with van der Waals surface area (Å²) in [6.45, 7) is 4.48. The van der Waals surface area contributed by atoms with E-state index in [1.165, 1.54) is 24.3 Å². The third-order valence-corrected chi connectivity index (χ3v) is 2.67. The second-order valence-electron chi connectivity index (χ2n) is 5.12. The van der Waals surface area contributed by atoms with Gasteiger partial charge in [0.05, 0.1) is 6.54 Å².